The first-order valence-electron chi connectivity index (χ1n) is 6.21. The number of nitrogens with zero attached hydrogens (tertiary/aromatic N) is 2. The molecule has 0 aliphatic heterocycles. The van der Waals surface area contributed by atoms with E-state index in [-0.39, 0.29) is 6.42 Å². The van der Waals surface area contributed by atoms with Gasteiger partial charge in [0.2, 0.25) is 0 Å². The van der Waals surface area contributed by atoms with Crippen molar-refractivity contribution in [3.05, 3.63) is 53.5 Å². The number of benzene rings is 1. The zero-order valence-electron chi connectivity index (χ0n) is 10.9. The molecule has 0 spiro atoms. The maximum absolute atomic E-state index is 10.5. The van der Waals surface area contributed by atoms with Crippen molar-refractivity contribution in [3.8, 4) is 0 Å². The van der Waals surface area contributed by atoms with Gasteiger partial charge in [0.1, 0.15) is 5.82 Å². The molecule has 2 rings (SSSR count). The Morgan fingerprint density at radius 2 is 2.00 bits per heavy atom. The molecule has 3 N–H and O–H groups in total. The molecule has 0 fully saturated rings. The van der Waals surface area contributed by atoms with Gasteiger partial charge < -0.3 is 10.8 Å². The molecule has 2 aromatic rings. The maximum Gasteiger partial charge on any atom is 0.303 e. The van der Waals surface area contributed by atoms with Crippen molar-refractivity contribution in [1.82, 2.24) is 9.97 Å². The number of aliphatic carboxylic acids is 1. The van der Waals surface area contributed by atoms with Gasteiger partial charge in [-0.05, 0) is 18.1 Å². The van der Waals surface area contributed by atoms with Crippen LogP contribution in [0.2, 0.25) is 0 Å². The molecule has 20 heavy (non-hydrogen) atoms. The molecule has 5 heteroatoms. The third-order valence-electron chi connectivity index (χ3n) is 2.75. The highest BCUT2D eigenvalue weighted by Crippen LogP contribution is 2.12. The molecule has 0 radical (unpaired) electrons. The standard InChI is InChI=1S/C15H15N3O2/c16-15-12(7-9-14(19)20)10-17-13(18-15)8-6-11-4-2-1-3-5-11/h1-6,8,10H,7,9H2,(H,19,20)(H2,16,17,18)/b8-6+. The second kappa shape index (κ2) is 6.47. The average molecular weight is 269 g/mol. The van der Waals surface area contributed by atoms with Gasteiger partial charge in [-0.3, -0.25) is 4.79 Å². The van der Waals surface area contributed by atoms with Gasteiger partial charge in [-0.2, -0.15) is 0 Å². The molecule has 0 amide bonds. The van der Waals surface area contributed by atoms with Crippen molar-refractivity contribution in [3.63, 3.8) is 0 Å². The number of carboxylic acid groups (broad SMARTS) is 1. The lowest BCUT2D eigenvalue weighted by atomic mass is 10.1. The van der Waals surface area contributed by atoms with Gasteiger partial charge in [-0.25, -0.2) is 9.97 Å². The van der Waals surface area contributed by atoms with Crippen molar-refractivity contribution in [2.75, 3.05) is 5.73 Å². The van der Waals surface area contributed by atoms with Gasteiger partial charge >= 0.3 is 5.97 Å². The van der Waals surface area contributed by atoms with Crippen LogP contribution in [0.3, 0.4) is 0 Å². The van der Waals surface area contributed by atoms with E-state index in [0.717, 1.165) is 5.56 Å². The first-order valence-corrected chi connectivity index (χ1v) is 6.21. The van der Waals surface area contributed by atoms with Crippen LogP contribution in [0.4, 0.5) is 5.82 Å². The maximum atomic E-state index is 10.5. The summed E-state index contributed by atoms with van der Waals surface area (Å²) in [6, 6.07) is 9.79. The molecule has 1 heterocycles. The number of anilines is 1. The van der Waals surface area contributed by atoms with Gasteiger partial charge in [-0.1, -0.05) is 36.4 Å². The minimum Gasteiger partial charge on any atom is -0.481 e. The molecule has 0 atom stereocenters. The third kappa shape index (κ3) is 3.91. The Morgan fingerprint density at radius 1 is 1.25 bits per heavy atom. The molecule has 5 nitrogen and oxygen atoms in total. The lowest BCUT2D eigenvalue weighted by Crippen LogP contribution is -2.04. The summed E-state index contributed by atoms with van der Waals surface area (Å²) in [5.74, 6) is -0.0307. The highest BCUT2D eigenvalue weighted by Gasteiger charge is 2.05. The zero-order valence-corrected chi connectivity index (χ0v) is 10.9. The topological polar surface area (TPSA) is 89.1 Å². The van der Waals surface area contributed by atoms with E-state index in [0.29, 0.717) is 23.6 Å². The first kappa shape index (κ1) is 13.7. The zero-order chi connectivity index (χ0) is 14.4. The molecule has 0 unspecified atom stereocenters. The van der Waals surface area contributed by atoms with Gasteiger partial charge in [-0.15, -0.1) is 0 Å². The van der Waals surface area contributed by atoms with Gasteiger partial charge in [0.25, 0.3) is 0 Å². The minimum atomic E-state index is -0.863. The Hall–Kier alpha value is -2.69. The van der Waals surface area contributed by atoms with Crippen LogP contribution in [0, 0.1) is 0 Å². The van der Waals surface area contributed by atoms with Gasteiger partial charge in [0.15, 0.2) is 5.82 Å². The average Bonchev–Trinajstić information content (AvgIpc) is 2.45. The summed E-state index contributed by atoms with van der Waals surface area (Å²) in [5, 5.41) is 8.64. The summed E-state index contributed by atoms with van der Waals surface area (Å²) in [7, 11) is 0. The minimum absolute atomic E-state index is 0.0206. The second-order valence-corrected chi connectivity index (χ2v) is 4.28. The number of carbonyl (C=O) groups is 1. The molecular formula is C15H15N3O2. The fourth-order valence-corrected chi connectivity index (χ4v) is 1.68. The van der Waals surface area contributed by atoms with E-state index in [4.69, 9.17) is 10.8 Å². The number of hydrogen-bond donors (Lipinski definition) is 2. The highest BCUT2D eigenvalue weighted by atomic mass is 16.4. The fraction of sp³-hybridized carbons (Fsp3) is 0.133. The smallest absolute Gasteiger partial charge is 0.303 e. The Kier molecular flexibility index (Phi) is 4.44. The highest BCUT2D eigenvalue weighted by molar-refractivity contribution is 5.68. The summed E-state index contributed by atoms with van der Waals surface area (Å²) in [6.07, 6.45) is 5.60. The van der Waals surface area contributed by atoms with E-state index < -0.39 is 5.97 Å². The second-order valence-electron chi connectivity index (χ2n) is 4.28. The van der Waals surface area contributed by atoms with E-state index in [2.05, 4.69) is 9.97 Å². The molecule has 0 saturated carbocycles. The molecule has 1 aromatic carbocycles. The summed E-state index contributed by atoms with van der Waals surface area (Å²) in [4.78, 5) is 18.8. The monoisotopic (exact) mass is 269 g/mol. The fourth-order valence-electron chi connectivity index (χ4n) is 1.68. The lowest BCUT2D eigenvalue weighted by molar-refractivity contribution is -0.136. The number of aromatic nitrogens is 2. The third-order valence-corrected chi connectivity index (χ3v) is 2.75. The van der Waals surface area contributed by atoms with Crippen molar-refractivity contribution in [2.45, 2.75) is 12.8 Å². The number of aryl methyl sites for hydroxylation is 1. The Balaban J connectivity index is 2.09. The van der Waals surface area contributed by atoms with E-state index in [1.165, 1.54) is 0 Å². The van der Waals surface area contributed by atoms with Crippen LogP contribution in [-0.4, -0.2) is 21.0 Å². The van der Waals surface area contributed by atoms with Crippen LogP contribution in [0.1, 0.15) is 23.4 Å². The number of hydrogen-bond acceptors (Lipinski definition) is 4. The quantitative estimate of drug-likeness (QED) is 0.869. The van der Waals surface area contributed by atoms with Crippen LogP contribution in [-0.2, 0) is 11.2 Å². The number of nitrogens with two attached hydrogens (primary N) is 1. The van der Waals surface area contributed by atoms with Gasteiger partial charge in [0, 0.05) is 18.2 Å². The number of carboxylic acids is 1. The molecule has 0 bridgehead atoms. The molecule has 0 aliphatic carbocycles. The van der Waals surface area contributed by atoms with Crippen LogP contribution < -0.4 is 5.73 Å². The summed E-state index contributed by atoms with van der Waals surface area (Å²) < 4.78 is 0. The van der Waals surface area contributed by atoms with Crippen molar-refractivity contribution in [2.24, 2.45) is 0 Å². The van der Waals surface area contributed by atoms with Gasteiger partial charge in [0.05, 0.1) is 0 Å². The lowest BCUT2D eigenvalue weighted by Gasteiger charge is -2.03. The molecular weight excluding hydrogens is 254 g/mol. The predicted octanol–water partition coefficient (Wildman–Crippen LogP) is 2.25. The van der Waals surface area contributed by atoms with Crippen LogP contribution in [0.25, 0.3) is 12.2 Å². The van der Waals surface area contributed by atoms with Crippen molar-refractivity contribution in [1.29, 1.82) is 0 Å². The Morgan fingerprint density at radius 3 is 2.65 bits per heavy atom. The summed E-state index contributed by atoms with van der Waals surface area (Å²) >= 11 is 0. The van der Waals surface area contributed by atoms with E-state index in [1.807, 2.05) is 36.4 Å². The van der Waals surface area contributed by atoms with E-state index >= 15 is 0 Å². The summed E-state index contributed by atoms with van der Waals surface area (Å²) in [6.45, 7) is 0. The Bertz CT molecular complexity index is 624. The summed E-state index contributed by atoms with van der Waals surface area (Å²) in [5.41, 5.74) is 7.50. The molecule has 1 aromatic heterocycles. The van der Waals surface area contributed by atoms with Crippen LogP contribution in [0.15, 0.2) is 36.5 Å². The van der Waals surface area contributed by atoms with Crippen molar-refractivity contribution >= 4 is 23.9 Å². The normalized spacial score (nSPS) is 10.8. The van der Waals surface area contributed by atoms with Crippen molar-refractivity contribution < 1.29 is 9.90 Å². The molecule has 0 saturated heterocycles. The SMILES string of the molecule is Nc1nc(/C=C/c2ccccc2)ncc1CCC(=O)O. The number of rotatable bonds is 5. The largest absolute Gasteiger partial charge is 0.481 e. The Labute approximate surface area is 116 Å². The molecule has 0 aliphatic rings. The predicted molar refractivity (Wildman–Crippen MR) is 77.8 cm³/mol. The van der Waals surface area contributed by atoms with E-state index in [1.54, 1.807) is 12.3 Å². The molecule has 102 valence electrons. The van der Waals surface area contributed by atoms with Crippen LogP contribution in [0.5, 0.6) is 0 Å². The first-order chi connectivity index (χ1) is 9.65. The van der Waals surface area contributed by atoms with E-state index in [9.17, 15) is 4.79 Å². The number of nitrogen functional groups attached to an aromatic ring is 1. The van der Waals surface area contributed by atoms with Crippen LogP contribution >= 0.6 is 0 Å².